The Morgan fingerprint density at radius 1 is 1.04 bits per heavy atom. The summed E-state index contributed by atoms with van der Waals surface area (Å²) in [6.07, 6.45) is 3.31. The van der Waals surface area contributed by atoms with E-state index in [0.717, 1.165) is 5.56 Å². The molecule has 9 heteroatoms. The second-order valence-corrected chi connectivity index (χ2v) is 6.59. The standard InChI is InChI=1S/C17H12Cl2F2N4S/c18-14-5-11(20)2-1-10(14)8-25-9-13(7-22-25)24-17(26)23-12-3-4-16(21)15(19)6-12/h1-7,9H,8H2,(H2,23,24,26). The zero-order valence-electron chi connectivity index (χ0n) is 13.1. The fourth-order valence-corrected chi connectivity index (χ4v) is 2.85. The first-order chi connectivity index (χ1) is 12.4. The highest BCUT2D eigenvalue weighted by atomic mass is 35.5. The van der Waals surface area contributed by atoms with Crippen LogP contribution in [-0.2, 0) is 6.54 Å². The van der Waals surface area contributed by atoms with E-state index in [4.69, 9.17) is 35.4 Å². The quantitative estimate of drug-likeness (QED) is 0.568. The SMILES string of the molecule is Fc1ccc(Cn2cc(NC(=S)Nc3ccc(F)c(Cl)c3)cn2)c(Cl)c1. The second-order valence-electron chi connectivity index (χ2n) is 5.37. The first-order valence-electron chi connectivity index (χ1n) is 7.40. The van der Waals surface area contributed by atoms with E-state index in [-0.39, 0.29) is 10.8 Å². The second kappa shape index (κ2) is 7.99. The minimum atomic E-state index is -0.503. The Morgan fingerprint density at radius 2 is 1.81 bits per heavy atom. The van der Waals surface area contributed by atoms with Crippen LogP contribution in [0, 0.1) is 11.6 Å². The van der Waals surface area contributed by atoms with Crippen LogP contribution in [0.3, 0.4) is 0 Å². The predicted molar refractivity (Wildman–Crippen MR) is 104 cm³/mol. The molecule has 1 aromatic heterocycles. The molecule has 0 fully saturated rings. The van der Waals surface area contributed by atoms with Crippen LogP contribution >= 0.6 is 35.4 Å². The van der Waals surface area contributed by atoms with E-state index in [1.165, 1.54) is 30.3 Å². The molecule has 0 amide bonds. The molecule has 26 heavy (non-hydrogen) atoms. The van der Waals surface area contributed by atoms with Gasteiger partial charge in [-0.05, 0) is 48.1 Å². The van der Waals surface area contributed by atoms with Gasteiger partial charge in [0.15, 0.2) is 5.11 Å². The van der Waals surface area contributed by atoms with E-state index < -0.39 is 5.82 Å². The third-order valence-corrected chi connectivity index (χ3v) is 4.26. The number of hydrogen-bond donors (Lipinski definition) is 2. The van der Waals surface area contributed by atoms with Crippen molar-refractivity contribution in [2.75, 3.05) is 10.6 Å². The van der Waals surface area contributed by atoms with Crippen LogP contribution in [0.2, 0.25) is 10.0 Å². The molecule has 3 rings (SSSR count). The average Bonchev–Trinajstić information content (AvgIpc) is 3.00. The number of thiocarbonyl (C=S) groups is 1. The van der Waals surface area contributed by atoms with E-state index in [0.29, 0.717) is 28.1 Å². The van der Waals surface area contributed by atoms with Gasteiger partial charge in [-0.15, -0.1) is 0 Å². The molecular formula is C17H12Cl2F2N4S. The van der Waals surface area contributed by atoms with Gasteiger partial charge >= 0.3 is 0 Å². The van der Waals surface area contributed by atoms with Crippen molar-refractivity contribution in [2.45, 2.75) is 6.54 Å². The lowest BCUT2D eigenvalue weighted by Gasteiger charge is -2.09. The molecule has 3 aromatic rings. The van der Waals surface area contributed by atoms with Gasteiger partial charge in [0, 0.05) is 16.9 Å². The molecule has 0 aliphatic heterocycles. The van der Waals surface area contributed by atoms with Crippen molar-refractivity contribution in [1.82, 2.24) is 9.78 Å². The highest BCUT2D eigenvalue weighted by molar-refractivity contribution is 7.80. The molecule has 134 valence electrons. The Bertz CT molecular complexity index is 962. The van der Waals surface area contributed by atoms with Gasteiger partial charge in [0.05, 0.1) is 23.5 Å². The lowest BCUT2D eigenvalue weighted by Crippen LogP contribution is -2.18. The van der Waals surface area contributed by atoms with Crippen LogP contribution in [0.4, 0.5) is 20.2 Å². The molecule has 4 nitrogen and oxygen atoms in total. The molecule has 0 unspecified atom stereocenters. The summed E-state index contributed by atoms with van der Waals surface area (Å²) < 4.78 is 27.9. The van der Waals surface area contributed by atoms with Gasteiger partial charge < -0.3 is 10.6 Å². The number of hydrogen-bond acceptors (Lipinski definition) is 2. The van der Waals surface area contributed by atoms with E-state index in [2.05, 4.69) is 15.7 Å². The molecule has 0 aliphatic rings. The monoisotopic (exact) mass is 412 g/mol. The summed E-state index contributed by atoms with van der Waals surface area (Å²) in [5.41, 5.74) is 1.94. The Kier molecular flexibility index (Phi) is 5.70. The van der Waals surface area contributed by atoms with Crippen LogP contribution in [-0.4, -0.2) is 14.9 Å². The first-order valence-corrected chi connectivity index (χ1v) is 8.56. The molecule has 0 radical (unpaired) electrons. The van der Waals surface area contributed by atoms with Crippen molar-refractivity contribution < 1.29 is 8.78 Å². The van der Waals surface area contributed by atoms with Crippen LogP contribution in [0.25, 0.3) is 0 Å². The molecule has 0 saturated heterocycles. The Morgan fingerprint density at radius 3 is 2.54 bits per heavy atom. The van der Waals surface area contributed by atoms with Crippen molar-refractivity contribution in [3.63, 3.8) is 0 Å². The fourth-order valence-electron chi connectivity index (χ4n) is 2.21. The van der Waals surface area contributed by atoms with Gasteiger partial charge in [-0.2, -0.15) is 5.10 Å². The summed E-state index contributed by atoms with van der Waals surface area (Å²) in [6, 6.07) is 8.41. The highest BCUT2D eigenvalue weighted by Crippen LogP contribution is 2.20. The summed E-state index contributed by atoms with van der Waals surface area (Å²) in [4.78, 5) is 0. The maximum absolute atomic E-state index is 13.2. The van der Waals surface area contributed by atoms with Crippen molar-refractivity contribution >= 4 is 51.9 Å². The van der Waals surface area contributed by atoms with Crippen LogP contribution in [0.15, 0.2) is 48.8 Å². The summed E-state index contributed by atoms with van der Waals surface area (Å²) in [5, 5.41) is 10.7. The average molecular weight is 413 g/mol. The molecule has 0 atom stereocenters. The summed E-state index contributed by atoms with van der Waals surface area (Å²) in [5.74, 6) is -0.893. The lowest BCUT2D eigenvalue weighted by atomic mass is 10.2. The molecule has 1 heterocycles. The van der Waals surface area contributed by atoms with Gasteiger partial charge in [-0.3, -0.25) is 4.68 Å². The van der Waals surface area contributed by atoms with Gasteiger partial charge in [0.2, 0.25) is 0 Å². The van der Waals surface area contributed by atoms with Crippen LogP contribution in [0.5, 0.6) is 0 Å². The van der Waals surface area contributed by atoms with Crippen LogP contribution in [0.1, 0.15) is 5.56 Å². The van der Waals surface area contributed by atoms with E-state index in [1.807, 2.05) is 0 Å². The number of nitrogens with zero attached hydrogens (tertiary/aromatic N) is 2. The molecule has 0 saturated carbocycles. The molecule has 2 N–H and O–H groups in total. The summed E-state index contributed by atoms with van der Waals surface area (Å²) in [7, 11) is 0. The zero-order chi connectivity index (χ0) is 18.7. The third kappa shape index (κ3) is 4.69. The Balaban J connectivity index is 1.62. The molecule has 0 aliphatic carbocycles. The van der Waals surface area contributed by atoms with E-state index in [9.17, 15) is 8.78 Å². The van der Waals surface area contributed by atoms with Gasteiger partial charge in [0.1, 0.15) is 11.6 Å². The first kappa shape index (κ1) is 18.6. The fraction of sp³-hybridized carbons (Fsp3) is 0.0588. The molecule has 0 bridgehead atoms. The number of benzene rings is 2. The van der Waals surface area contributed by atoms with E-state index in [1.54, 1.807) is 23.1 Å². The highest BCUT2D eigenvalue weighted by Gasteiger charge is 2.07. The molecule has 2 aromatic carbocycles. The minimum Gasteiger partial charge on any atom is -0.332 e. The number of halogens is 4. The smallest absolute Gasteiger partial charge is 0.175 e. The van der Waals surface area contributed by atoms with Crippen molar-refractivity contribution in [1.29, 1.82) is 0 Å². The van der Waals surface area contributed by atoms with Crippen molar-refractivity contribution in [3.05, 3.63) is 76.0 Å². The topological polar surface area (TPSA) is 41.9 Å². The van der Waals surface area contributed by atoms with Gasteiger partial charge in [0.25, 0.3) is 0 Å². The summed E-state index contributed by atoms with van der Waals surface area (Å²) in [6.45, 7) is 0.383. The third-order valence-electron chi connectivity index (χ3n) is 3.42. The molecule has 0 spiro atoms. The summed E-state index contributed by atoms with van der Waals surface area (Å²) >= 11 is 17.0. The number of anilines is 2. The van der Waals surface area contributed by atoms with Gasteiger partial charge in [-0.1, -0.05) is 29.3 Å². The zero-order valence-corrected chi connectivity index (χ0v) is 15.5. The van der Waals surface area contributed by atoms with Crippen molar-refractivity contribution in [3.8, 4) is 0 Å². The molecular weight excluding hydrogens is 401 g/mol. The maximum Gasteiger partial charge on any atom is 0.175 e. The predicted octanol–water partition coefficient (Wildman–Crippen LogP) is 5.33. The number of nitrogens with one attached hydrogen (secondary N) is 2. The Hall–Kier alpha value is -2.22. The van der Waals surface area contributed by atoms with Crippen LogP contribution < -0.4 is 10.6 Å². The normalized spacial score (nSPS) is 10.6. The minimum absolute atomic E-state index is 0.00166. The maximum atomic E-state index is 13.2. The largest absolute Gasteiger partial charge is 0.332 e. The number of rotatable bonds is 4. The lowest BCUT2D eigenvalue weighted by molar-refractivity contribution is 0.624. The number of aromatic nitrogens is 2. The van der Waals surface area contributed by atoms with Crippen molar-refractivity contribution in [2.24, 2.45) is 0 Å². The van der Waals surface area contributed by atoms with Gasteiger partial charge in [-0.25, -0.2) is 8.78 Å². The van der Waals surface area contributed by atoms with E-state index >= 15 is 0 Å². The Labute approximate surface area is 163 Å².